The van der Waals surface area contributed by atoms with Gasteiger partial charge in [0.2, 0.25) is 5.91 Å². The fraction of sp³-hybridized carbons (Fsp3) is 0.643. The summed E-state index contributed by atoms with van der Waals surface area (Å²) in [5.41, 5.74) is 0. The van der Waals surface area contributed by atoms with Gasteiger partial charge in [0.05, 0.1) is 19.4 Å². The third-order valence-electron chi connectivity index (χ3n) is 3.55. The fourth-order valence-corrected chi connectivity index (χ4v) is 2.51. The molecule has 0 atom stereocenters. The Morgan fingerprint density at radius 1 is 1.38 bits per heavy atom. The number of carbonyl (C=O) groups is 1. The number of hydrogen-bond acceptors (Lipinski definition) is 3. The van der Waals surface area contributed by atoms with Crippen molar-refractivity contribution in [3.63, 3.8) is 0 Å². The molecule has 1 aliphatic rings. The largest absolute Gasteiger partial charge is 0.467 e. The Kier molecular flexibility index (Phi) is 5.27. The highest BCUT2D eigenvalue weighted by atomic mass is 19.4. The average molecular weight is 304 g/mol. The minimum Gasteiger partial charge on any atom is -0.467 e. The van der Waals surface area contributed by atoms with Crippen LogP contribution >= 0.6 is 0 Å². The third kappa shape index (κ3) is 5.41. The van der Waals surface area contributed by atoms with Crippen molar-refractivity contribution in [3.05, 3.63) is 24.2 Å². The van der Waals surface area contributed by atoms with E-state index in [1.54, 1.807) is 12.1 Å². The average Bonchev–Trinajstić information content (AvgIpc) is 3.06. The monoisotopic (exact) mass is 304 g/mol. The van der Waals surface area contributed by atoms with Crippen LogP contribution in [0.2, 0.25) is 0 Å². The van der Waals surface area contributed by atoms with Crippen molar-refractivity contribution in [2.75, 3.05) is 13.1 Å². The molecule has 0 saturated heterocycles. The number of furan rings is 1. The quantitative estimate of drug-likeness (QED) is 0.879. The summed E-state index contributed by atoms with van der Waals surface area (Å²) in [4.78, 5) is 12.8. The summed E-state index contributed by atoms with van der Waals surface area (Å²) in [6.45, 7) is -1.50. The summed E-state index contributed by atoms with van der Waals surface area (Å²) >= 11 is 0. The van der Waals surface area contributed by atoms with Crippen LogP contribution in [0.5, 0.6) is 0 Å². The Labute approximate surface area is 121 Å². The lowest BCUT2D eigenvalue weighted by atomic mass is 10.2. The maximum absolute atomic E-state index is 12.6. The second-order valence-electron chi connectivity index (χ2n) is 5.31. The molecule has 7 heteroatoms. The van der Waals surface area contributed by atoms with Crippen LogP contribution in [0.3, 0.4) is 0 Å². The van der Waals surface area contributed by atoms with E-state index < -0.39 is 18.6 Å². The summed E-state index contributed by atoms with van der Waals surface area (Å²) in [5.74, 6) is -0.218. The zero-order valence-electron chi connectivity index (χ0n) is 11.7. The number of carbonyl (C=O) groups excluding carboxylic acids is 1. The van der Waals surface area contributed by atoms with Gasteiger partial charge in [-0.3, -0.25) is 4.79 Å². The van der Waals surface area contributed by atoms with E-state index in [1.807, 2.05) is 0 Å². The van der Waals surface area contributed by atoms with Crippen molar-refractivity contribution >= 4 is 5.91 Å². The maximum Gasteiger partial charge on any atom is 0.406 e. The van der Waals surface area contributed by atoms with Gasteiger partial charge in [0.15, 0.2) is 0 Å². The standard InChI is InChI=1S/C14H19F3N2O2/c15-14(16,17)10-19(9-12-6-3-7-21-12)13(20)8-18-11-4-1-2-5-11/h3,6-7,11,18H,1-2,4-5,8-10H2. The molecule has 0 aliphatic heterocycles. The van der Waals surface area contributed by atoms with Gasteiger partial charge in [-0.15, -0.1) is 0 Å². The van der Waals surface area contributed by atoms with Crippen molar-refractivity contribution in [3.8, 4) is 0 Å². The van der Waals surface area contributed by atoms with Crippen LogP contribution in [0.4, 0.5) is 13.2 Å². The highest BCUT2D eigenvalue weighted by molar-refractivity contribution is 5.78. The predicted molar refractivity (Wildman–Crippen MR) is 70.4 cm³/mol. The van der Waals surface area contributed by atoms with Gasteiger partial charge in [-0.2, -0.15) is 13.2 Å². The van der Waals surface area contributed by atoms with Crippen molar-refractivity contribution in [2.24, 2.45) is 0 Å². The molecule has 1 aliphatic carbocycles. The van der Waals surface area contributed by atoms with Crippen LogP contribution in [0.1, 0.15) is 31.4 Å². The zero-order valence-corrected chi connectivity index (χ0v) is 11.7. The Hall–Kier alpha value is -1.50. The number of alkyl halides is 3. The Bertz CT molecular complexity index is 440. The van der Waals surface area contributed by atoms with Crippen LogP contribution in [0, 0.1) is 0 Å². The Morgan fingerprint density at radius 2 is 2.10 bits per heavy atom. The maximum atomic E-state index is 12.6. The summed E-state index contributed by atoms with van der Waals surface area (Å²) in [5, 5.41) is 3.04. The van der Waals surface area contributed by atoms with Gasteiger partial charge in [-0.1, -0.05) is 12.8 Å². The molecule has 1 heterocycles. The topological polar surface area (TPSA) is 45.5 Å². The van der Waals surface area contributed by atoms with Crippen LogP contribution in [-0.4, -0.2) is 36.1 Å². The molecule has 1 saturated carbocycles. The molecule has 0 bridgehead atoms. The number of rotatable bonds is 6. The van der Waals surface area contributed by atoms with Gasteiger partial charge < -0.3 is 14.6 Å². The number of amides is 1. The fourth-order valence-electron chi connectivity index (χ4n) is 2.51. The van der Waals surface area contributed by atoms with E-state index >= 15 is 0 Å². The highest BCUT2D eigenvalue weighted by Gasteiger charge is 2.33. The molecule has 1 aromatic heterocycles. The first kappa shape index (κ1) is 15.9. The van der Waals surface area contributed by atoms with Gasteiger partial charge in [-0.05, 0) is 25.0 Å². The van der Waals surface area contributed by atoms with E-state index in [4.69, 9.17) is 4.42 Å². The van der Waals surface area contributed by atoms with Crippen LogP contribution < -0.4 is 5.32 Å². The first-order chi connectivity index (χ1) is 9.94. The summed E-state index contributed by atoms with van der Waals surface area (Å²) in [6.07, 6.45) is 1.11. The molecule has 1 fully saturated rings. The third-order valence-corrected chi connectivity index (χ3v) is 3.55. The number of halogens is 3. The lowest BCUT2D eigenvalue weighted by Gasteiger charge is -2.24. The smallest absolute Gasteiger partial charge is 0.406 e. The molecule has 0 radical (unpaired) electrons. The van der Waals surface area contributed by atoms with Gasteiger partial charge in [0.1, 0.15) is 12.3 Å². The van der Waals surface area contributed by atoms with Gasteiger partial charge >= 0.3 is 6.18 Å². The normalized spacial score (nSPS) is 16.3. The molecule has 118 valence electrons. The number of nitrogens with one attached hydrogen (secondary N) is 1. The molecular formula is C14H19F3N2O2. The second kappa shape index (κ2) is 6.98. The highest BCUT2D eigenvalue weighted by Crippen LogP contribution is 2.19. The summed E-state index contributed by atoms with van der Waals surface area (Å²) in [7, 11) is 0. The Morgan fingerprint density at radius 3 is 2.67 bits per heavy atom. The van der Waals surface area contributed by atoms with Gasteiger partial charge in [0.25, 0.3) is 0 Å². The van der Waals surface area contributed by atoms with Crippen molar-refractivity contribution in [2.45, 2.75) is 44.4 Å². The SMILES string of the molecule is O=C(CNC1CCCC1)N(Cc1ccco1)CC(F)(F)F. The van der Waals surface area contributed by atoms with Crippen LogP contribution in [0.15, 0.2) is 22.8 Å². The van der Waals surface area contributed by atoms with E-state index in [9.17, 15) is 18.0 Å². The molecule has 1 amide bonds. The first-order valence-corrected chi connectivity index (χ1v) is 7.04. The summed E-state index contributed by atoms with van der Waals surface area (Å²) in [6, 6.07) is 3.38. The van der Waals surface area contributed by atoms with E-state index in [0.717, 1.165) is 30.6 Å². The number of nitrogens with zero attached hydrogens (tertiary/aromatic N) is 1. The second-order valence-corrected chi connectivity index (χ2v) is 5.31. The lowest BCUT2D eigenvalue weighted by molar-refractivity contribution is -0.162. The van der Waals surface area contributed by atoms with Crippen molar-refractivity contribution < 1.29 is 22.4 Å². The predicted octanol–water partition coefficient (Wildman–Crippen LogP) is 2.70. The summed E-state index contributed by atoms with van der Waals surface area (Å²) < 4.78 is 42.8. The lowest BCUT2D eigenvalue weighted by Crippen LogP contribution is -2.44. The Balaban J connectivity index is 1.91. The molecule has 0 aromatic carbocycles. The van der Waals surface area contributed by atoms with E-state index in [2.05, 4.69) is 5.32 Å². The first-order valence-electron chi connectivity index (χ1n) is 7.04. The molecule has 21 heavy (non-hydrogen) atoms. The molecule has 2 rings (SSSR count). The number of hydrogen-bond donors (Lipinski definition) is 1. The van der Waals surface area contributed by atoms with Gasteiger partial charge in [-0.25, -0.2) is 0 Å². The van der Waals surface area contributed by atoms with Gasteiger partial charge in [0, 0.05) is 6.04 Å². The van der Waals surface area contributed by atoms with E-state index in [0.29, 0.717) is 5.76 Å². The molecule has 1 aromatic rings. The molecule has 1 N–H and O–H groups in total. The molecular weight excluding hydrogens is 285 g/mol. The zero-order chi connectivity index (χ0) is 15.3. The van der Waals surface area contributed by atoms with E-state index in [1.165, 1.54) is 6.26 Å². The van der Waals surface area contributed by atoms with Crippen molar-refractivity contribution in [1.29, 1.82) is 0 Å². The molecule has 0 spiro atoms. The van der Waals surface area contributed by atoms with Crippen molar-refractivity contribution in [1.82, 2.24) is 10.2 Å². The van der Waals surface area contributed by atoms with Crippen LogP contribution in [-0.2, 0) is 11.3 Å². The van der Waals surface area contributed by atoms with E-state index in [-0.39, 0.29) is 19.1 Å². The molecule has 4 nitrogen and oxygen atoms in total. The molecule has 0 unspecified atom stereocenters. The minimum atomic E-state index is -4.42. The van der Waals surface area contributed by atoms with Crippen LogP contribution in [0.25, 0.3) is 0 Å². The minimum absolute atomic E-state index is 0.0680.